The molecular formula is C20H22BrFN4O2. The van der Waals surface area contributed by atoms with Crippen molar-refractivity contribution in [2.75, 3.05) is 19.8 Å². The highest BCUT2D eigenvalue weighted by Gasteiger charge is 2.27. The number of halogens is 2. The van der Waals surface area contributed by atoms with E-state index in [-0.39, 0.29) is 5.82 Å². The highest BCUT2D eigenvalue weighted by molar-refractivity contribution is 9.10. The number of aromatic nitrogens is 3. The van der Waals surface area contributed by atoms with Crippen molar-refractivity contribution in [2.45, 2.75) is 33.0 Å². The van der Waals surface area contributed by atoms with Crippen LogP contribution in [0.2, 0.25) is 0 Å². The lowest BCUT2D eigenvalue weighted by Crippen LogP contribution is -2.31. The highest BCUT2D eigenvalue weighted by Crippen LogP contribution is 2.30. The lowest BCUT2D eigenvalue weighted by molar-refractivity contribution is 0.135. The molecular weight excluding hydrogens is 427 g/mol. The van der Waals surface area contributed by atoms with Crippen molar-refractivity contribution in [2.24, 2.45) is 0 Å². The van der Waals surface area contributed by atoms with Crippen LogP contribution in [0.1, 0.15) is 23.7 Å². The maximum atomic E-state index is 14.2. The molecule has 6 nitrogen and oxygen atoms in total. The van der Waals surface area contributed by atoms with Gasteiger partial charge in [-0.15, -0.1) is 0 Å². The quantitative estimate of drug-likeness (QED) is 0.510. The molecule has 8 heteroatoms. The van der Waals surface area contributed by atoms with Crippen molar-refractivity contribution in [1.82, 2.24) is 19.7 Å². The molecule has 3 aromatic rings. The average molecular weight is 449 g/mol. The first-order valence-electron chi connectivity index (χ1n) is 9.37. The zero-order chi connectivity index (χ0) is 19.5. The van der Waals surface area contributed by atoms with Gasteiger partial charge in [0.2, 0.25) is 0 Å². The third-order valence-corrected chi connectivity index (χ3v) is 5.43. The Morgan fingerprint density at radius 1 is 1.36 bits per heavy atom. The lowest BCUT2D eigenvalue weighted by Gasteiger charge is -2.28. The molecule has 0 spiro atoms. The summed E-state index contributed by atoms with van der Waals surface area (Å²) >= 11 is 3.43. The minimum atomic E-state index is -0.182. The number of benzene rings is 1. The van der Waals surface area contributed by atoms with E-state index in [1.807, 2.05) is 17.7 Å². The van der Waals surface area contributed by atoms with Gasteiger partial charge in [0.25, 0.3) is 0 Å². The van der Waals surface area contributed by atoms with Crippen LogP contribution in [0.4, 0.5) is 4.39 Å². The fourth-order valence-corrected chi connectivity index (χ4v) is 4.01. The van der Waals surface area contributed by atoms with E-state index >= 15 is 0 Å². The molecule has 4 rings (SSSR count). The molecule has 28 heavy (non-hydrogen) atoms. The summed E-state index contributed by atoms with van der Waals surface area (Å²) in [4.78, 5) is 6.52. The molecule has 0 bridgehead atoms. The third-order valence-electron chi connectivity index (χ3n) is 4.94. The van der Waals surface area contributed by atoms with E-state index < -0.39 is 0 Å². The summed E-state index contributed by atoms with van der Waals surface area (Å²) in [6, 6.07) is 5.06. The Morgan fingerprint density at radius 3 is 3.04 bits per heavy atom. The summed E-state index contributed by atoms with van der Waals surface area (Å²) < 4.78 is 27.8. The van der Waals surface area contributed by atoms with Crippen LogP contribution < -0.4 is 0 Å². The minimum absolute atomic E-state index is 0.182. The molecule has 1 aliphatic rings. The van der Waals surface area contributed by atoms with E-state index in [2.05, 4.69) is 25.8 Å². The first-order chi connectivity index (χ1) is 13.7. The SMILES string of the molecule is CCOCCn1nc(-c2cocn2)c2c1CCN(Cc1cc(Br)ccc1F)C2. The Morgan fingerprint density at radius 2 is 2.25 bits per heavy atom. The fourth-order valence-electron chi connectivity index (χ4n) is 3.60. The molecule has 1 aliphatic heterocycles. The molecule has 2 aromatic heterocycles. The summed E-state index contributed by atoms with van der Waals surface area (Å²) in [6.45, 7) is 6.08. The summed E-state index contributed by atoms with van der Waals surface area (Å²) in [7, 11) is 0. The van der Waals surface area contributed by atoms with Gasteiger partial charge in [-0.1, -0.05) is 15.9 Å². The second-order valence-electron chi connectivity index (χ2n) is 6.76. The van der Waals surface area contributed by atoms with E-state index in [1.165, 1.54) is 18.2 Å². The van der Waals surface area contributed by atoms with Gasteiger partial charge >= 0.3 is 0 Å². The van der Waals surface area contributed by atoms with Crippen LogP contribution in [0, 0.1) is 5.82 Å². The monoisotopic (exact) mass is 448 g/mol. The standard InChI is InChI=1S/C20H22BrFN4O2/c1-2-27-8-7-26-19-5-6-25(10-14-9-15(21)3-4-17(14)22)11-16(19)20(24-26)18-12-28-13-23-18/h3-4,9,12-13H,2,5-8,10-11H2,1H3. The summed E-state index contributed by atoms with van der Waals surface area (Å²) in [5.41, 5.74) is 4.57. The van der Waals surface area contributed by atoms with Crippen LogP contribution in [0.15, 0.2) is 39.7 Å². The Kier molecular flexibility index (Phi) is 5.89. The van der Waals surface area contributed by atoms with Gasteiger partial charge < -0.3 is 9.15 Å². The second-order valence-corrected chi connectivity index (χ2v) is 7.68. The molecule has 0 unspecified atom stereocenters. The number of oxazole rings is 1. The van der Waals surface area contributed by atoms with E-state index in [9.17, 15) is 4.39 Å². The Labute approximate surface area is 171 Å². The zero-order valence-electron chi connectivity index (χ0n) is 15.7. The molecule has 3 heterocycles. The van der Waals surface area contributed by atoms with Gasteiger partial charge in [-0.3, -0.25) is 9.58 Å². The zero-order valence-corrected chi connectivity index (χ0v) is 17.3. The van der Waals surface area contributed by atoms with Crippen LogP contribution in [-0.4, -0.2) is 39.4 Å². The molecule has 0 saturated carbocycles. The molecule has 0 radical (unpaired) electrons. The van der Waals surface area contributed by atoms with E-state index in [4.69, 9.17) is 14.3 Å². The number of rotatable bonds is 7. The Hall–Kier alpha value is -2.03. The van der Waals surface area contributed by atoms with E-state index in [0.717, 1.165) is 34.4 Å². The smallest absolute Gasteiger partial charge is 0.181 e. The summed E-state index contributed by atoms with van der Waals surface area (Å²) in [5.74, 6) is -0.182. The first-order valence-corrected chi connectivity index (χ1v) is 10.2. The van der Waals surface area contributed by atoms with Crippen LogP contribution in [0.25, 0.3) is 11.4 Å². The Balaban J connectivity index is 1.60. The van der Waals surface area contributed by atoms with Gasteiger partial charge in [0, 0.05) is 54.0 Å². The number of fused-ring (bicyclic) bond motifs is 1. The van der Waals surface area contributed by atoms with Crippen molar-refractivity contribution in [3.05, 3.63) is 58.0 Å². The lowest BCUT2D eigenvalue weighted by atomic mass is 10.0. The highest BCUT2D eigenvalue weighted by atomic mass is 79.9. The predicted octanol–water partition coefficient (Wildman–Crippen LogP) is 4.03. The van der Waals surface area contributed by atoms with Gasteiger partial charge in [-0.2, -0.15) is 5.10 Å². The molecule has 0 aliphatic carbocycles. The molecule has 0 amide bonds. The number of hydrogen-bond acceptors (Lipinski definition) is 5. The predicted molar refractivity (Wildman–Crippen MR) is 106 cm³/mol. The van der Waals surface area contributed by atoms with Crippen molar-refractivity contribution < 1.29 is 13.5 Å². The maximum Gasteiger partial charge on any atom is 0.181 e. The van der Waals surface area contributed by atoms with Crippen LogP contribution >= 0.6 is 15.9 Å². The fraction of sp³-hybridized carbons (Fsp3) is 0.400. The molecule has 1 aromatic carbocycles. The third kappa shape index (κ3) is 4.04. The van der Waals surface area contributed by atoms with Gasteiger partial charge in [0.1, 0.15) is 23.5 Å². The summed E-state index contributed by atoms with van der Waals surface area (Å²) in [5, 5.41) is 4.79. The number of nitrogens with zero attached hydrogens (tertiary/aromatic N) is 4. The minimum Gasteiger partial charge on any atom is -0.451 e. The van der Waals surface area contributed by atoms with Crippen molar-refractivity contribution in [3.8, 4) is 11.4 Å². The maximum absolute atomic E-state index is 14.2. The van der Waals surface area contributed by atoms with Crippen LogP contribution in [0.5, 0.6) is 0 Å². The average Bonchev–Trinajstić information content (AvgIpc) is 3.33. The van der Waals surface area contributed by atoms with E-state index in [0.29, 0.717) is 38.4 Å². The summed E-state index contributed by atoms with van der Waals surface area (Å²) in [6.07, 6.45) is 3.88. The molecule has 0 saturated heterocycles. The molecule has 148 valence electrons. The van der Waals surface area contributed by atoms with E-state index in [1.54, 1.807) is 12.3 Å². The van der Waals surface area contributed by atoms with Gasteiger partial charge in [-0.05, 0) is 25.1 Å². The number of hydrogen-bond donors (Lipinski definition) is 0. The van der Waals surface area contributed by atoms with Gasteiger partial charge in [0.15, 0.2) is 6.39 Å². The van der Waals surface area contributed by atoms with Gasteiger partial charge in [0.05, 0.1) is 13.2 Å². The normalized spacial score (nSPS) is 14.4. The molecule has 0 atom stereocenters. The molecule has 0 N–H and O–H groups in total. The largest absolute Gasteiger partial charge is 0.451 e. The van der Waals surface area contributed by atoms with Crippen molar-refractivity contribution >= 4 is 15.9 Å². The first kappa shape index (κ1) is 19.3. The van der Waals surface area contributed by atoms with Crippen molar-refractivity contribution in [3.63, 3.8) is 0 Å². The topological polar surface area (TPSA) is 56.3 Å². The second kappa shape index (κ2) is 8.55. The van der Waals surface area contributed by atoms with Crippen LogP contribution in [0.3, 0.4) is 0 Å². The number of ether oxygens (including phenoxy) is 1. The Bertz CT molecular complexity index is 942. The molecule has 0 fully saturated rings. The van der Waals surface area contributed by atoms with Crippen molar-refractivity contribution in [1.29, 1.82) is 0 Å². The van der Waals surface area contributed by atoms with Gasteiger partial charge in [-0.25, -0.2) is 9.37 Å². The van der Waals surface area contributed by atoms with Crippen LogP contribution in [-0.2, 0) is 30.8 Å².